The van der Waals surface area contributed by atoms with Gasteiger partial charge in [0.2, 0.25) is 0 Å². The molecule has 3 N–H and O–H groups in total. The predicted octanol–water partition coefficient (Wildman–Crippen LogP) is 1.13. The van der Waals surface area contributed by atoms with Crippen molar-refractivity contribution in [2.24, 2.45) is 7.05 Å². The number of amides is 2. The lowest BCUT2D eigenvalue weighted by Gasteiger charge is -2.14. The minimum atomic E-state index is -0.893. The van der Waals surface area contributed by atoms with Crippen molar-refractivity contribution >= 4 is 17.5 Å². The maximum absolute atomic E-state index is 12.0. The second-order valence-corrected chi connectivity index (χ2v) is 5.43. The Bertz CT molecular complexity index is 739. The lowest BCUT2D eigenvalue weighted by Crippen LogP contribution is -2.38. The van der Waals surface area contributed by atoms with E-state index in [2.05, 4.69) is 10.6 Å². The number of rotatable bonds is 5. The molecule has 0 unspecified atom stereocenters. The average Bonchev–Trinajstić information content (AvgIpc) is 2.98. The molecule has 128 valence electrons. The number of benzene rings is 1. The van der Waals surface area contributed by atoms with Gasteiger partial charge in [-0.3, -0.25) is 9.59 Å². The molecule has 1 aromatic carbocycles. The Labute approximate surface area is 140 Å². The molecule has 1 atom stereocenters. The summed E-state index contributed by atoms with van der Waals surface area (Å²) >= 11 is 0. The van der Waals surface area contributed by atoms with Crippen molar-refractivity contribution in [2.75, 3.05) is 19.0 Å². The maximum atomic E-state index is 12.0. The van der Waals surface area contributed by atoms with Crippen LogP contribution in [0.1, 0.15) is 17.4 Å². The zero-order valence-corrected chi connectivity index (χ0v) is 13.9. The first-order valence-corrected chi connectivity index (χ1v) is 7.45. The number of carbonyl (C=O) groups excluding carboxylic acids is 2. The monoisotopic (exact) mass is 331 g/mol. The van der Waals surface area contributed by atoms with Crippen LogP contribution in [0.15, 0.2) is 36.5 Å². The molecule has 0 fully saturated rings. The molecule has 7 nitrogen and oxygen atoms in total. The smallest absolute Gasteiger partial charge is 0.313 e. The highest BCUT2D eigenvalue weighted by atomic mass is 16.5. The molecule has 0 spiro atoms. The van der Waals surface area contributed by atoms with E-state index in [-0.39, 0.29) is 6.54 Å². The van der Waals surface area contributed by atoms with Crippen LogP contribution in [0.2, 0.25) is 0 Å². The number of hydrogen-bond donors (Lipinski definition) is 3. The Kier molecular flexibility index (Phi) is 5.59. The number of nitrogens with one attached hydrogen (secondary N) is 2. The molecule has 7 heteroatoms. The maximum Gasteiger partial charge on any atom is 0.313 e. The number of anilines is 1. The Hall–Kier alpha value is -2.80. The highest BCUT2D eigenvalue weighted by molar-refractivity contribution is 6.39. The van der Waals surface area contributed by atoms with Crippen molar-refractivity contribution in [3.8, 4) is 5.75 Å². The van der Waals surface area contributed by atoms with Crippen molar-refractivity contribution in [1.29, 1.82) is 0 Å². The second-order valence-electron chi connectivity index (χ2n) is 5.43. The van der Waals surface area contributed by atoms with Crippen molar-refractivity contribution in [3.05, 3.63) is 47.8 Å². The molecule has 24 heavy (non-hydrogen) atoms. The lowest BCUT2D eigenvalue weighted by molar-refractivity contribution is -0.136. The van der Waals surface area contributed by atoms with Gasteiger partial charge in [-0.1, -0.05) is 6.07 Å². The van der Waals surface area contributed by atoms with Gasteiger partial charge in [0.05, 0.1) is 12.8 Å². The van der Waals surface area contributed by atoms with E-state index >= 15 is 0 Å². The summed E-state index contributed by atoms with van der Waals surface area (Å²) in [7, 11) is 3.27. The van der Waals surface area contributed by atoms with Gasteiger partial charge in [-0.2, -0.15) is 0 Å². The average molecular weight is 331 g/mol. The van der Waals surface area contributed by atoms with Gasteiger partial charge in [-0.25, -0.2) is 0 Å². The number of aliphatic hydroxyl groups is 1. The van der Waals surface area contributed by atoms with E-state index in [1.165, 1.54) is 7.11 Å². The summed E-state index contributed by atoms with van der Waals surface area (Å²) in [6.45, 7) is 1.81. The number of aromatic nitrogens is 1. The Morgan fingerprint density at radius 2 is 2.04 bits per heavy atom. The zero-order chi connectivity index (χ0) is 17.7. The molecular weight excluding hydrogens is 310 g/mol. The van der Waals surface area contributed by atoms with Crippen molar-refractivity contribution in [2.45, 2.75) is 13.0 Å². The van der Waals surface area contributed by atoms with Crippen LogP contribution in [0.5, 0.6) is 5.75 Å². The number of methoxy groups -OCH3 is 1. The van der Waals surface area contributed by atoms with Crippen molar-refractivity contribution < 1.29 is 19.4 Å². The summed E-state index contributed by atoms with van der Waals surface area (Å²) in [5.41, 5.74) is 1.99. The minimum absolute atomic E-state index is 0.0605. The van der Waals surface area contributed by atoms with Crippen LogP contribution in [-0.4, -0.2) is 35.1 Å². The molecule has 0 aliphatic rings. The molecule has 0 aliphatic heterocycles. The van der Waals surface area contributed by atoms with Gasteiger partial charge in [0.15, 0.2) is 0 Å². The summed E-state index contributed by atoms with van der Waals surface area (Å²) in [6.07, 6.45) is 0.896. The topological polar surface area (TPSA) is 92.6 Å². The molecule has 2 amide bonds. The largest absolute Gasteiger partial charge is 0.495 e. The fraction of sp³-hybridized carbons (Fsp3) is 0.294. The van der Waals surface area contributed by atoms with Crippen LogP contribution in [0, 0.1) is 6.92 Å². The summed E-state index contributed by atoms with van der Waals surface area (Å²) in [5, 5.41) is 15.0. The molecular formula is C17H21N3O4. The van der Waals surface area contributed by atoms with E-state index < -0.39 is 17.9 Å². The lowest BCUT2D eigenvalue weighted by atomic mass is 10.2. The quantitative estimate of drug-likeness (QED) is 0.716. The van der Waals surface area contributed by atoms with E-state index in [0.717, 1.165) is 5.56 Å². The molecule has 1 aromatic heterocycles. The first-order valence-electron chi connectivity index (χ1n) is 7.45. The zero-order valence-electron chi connectivity index (χ0n) is 13.9. The van der Waals surface area contributed by atoms with E-state index in [1.807, 2.05) is 13.0 Å². The Morgan fingerprint density at radius 3 is 2.67 bits per heavy atom. The van der Waals surface area contributed by atoms with Gasteiger partial charge in [0.25, 0.3) is 0 Å². The van der Waals surface area contributed by atoms with E-state index in [0.29, 0.717) is 17.1 Å². The SMILES string of the molecule is COc1ccc(C)cc1NC(=O)C(=O)NC[C@H](O)c1cccn1C. The first kappa shape index (κ1) is 17.6. The van der Waals surface area contributed by atoms with Crippen LogP contribution in [0.4, 0.5) is 5.69 Å². The van der Waals surface area contributed by atoms with Crippen LogP contribution < -0.4 is 15.4 Å². The van der Waals surface area contributed by atoms with Crippen LogP contribution in [0.3, 0.4) is 0 Å². The van der Waals surface area contributed by atoms with Gasteiger partial charge >= 0.3 is 11.8 Å². The molecule has 0 aliphatic carbocycles. The van der Waals surface area contributed by atoms with Gasteiger partial charge in [-0.05, 0) is 36.8 Å². The Morgan fingerprint density at radius 1 is 1.29 bits per heavy atom. The highest BCUT2D eigenvalue weighted by Gasteiger charge is 2.18. The normalized spacial score (nSPS) is 11.7. The van der Waals surface area contributed by atoms with Crippen molar-refractivity contribution in [1.82, 2.24) is 9.88 Å². The molecule has 0 saturated carbocycles. The highest BCUT2D eigenvalue weighted by Crippen LogP contribution is 2.25. The van der Waals surface area contributed by atoms with Gasteiger partial charge in [-0.15, -0.1) is 0 Å². The summed E-state index contributed by atoms with van der Waals surface area (Å²) in [6, 6.07) is 8.79. The fourth-order valence-corrected chi connectivity index (χ4v) is 2.29. The number of hydrogen-bond acceptors (Lipinski definition) is 4. The summed E-state index contributed by atoms with van der Waals surface area (Å²) in [5.74, 6) is -1.18. The number of carbonyl (C=O) groups is 2. The second kappa shape index (κ2) is 7.65. The third-order valence-corrected chi connectivity index (χ3v) is 3.59. The van der Waals surface area contributed by atoms with Crippen LogP contribution in [0.25, 0.3) is 0 Å². The van der Waals surface area contributed by atoms with Crippen molar-refractivity contribution in [3.63, 3.8) is 0 Å². The predicted molar refractivity (Wildman–Crippen MR) is 89.7 cm³/mol. The summed E-state index contributed by atoms with van der Waals surface area (Å²) in [4.78, 5) is 23.9. The molecule has 1 heterocycles. The molecule has 2 rings (SSSR count). The van der Waals surface area contributed by atoms with Crippen LogP contribution in [-0.2, 0) is 16.6 Å². The van der Waals surface area contributed by atoms with Crippen LogP contribution >= 0.6 is 0 Å². The standard InChI is InChI=1S/C17H21N3O4/c1-11-6-7-15(24-3)12(9-11)19-17(23)16(22)18-10-14(21)13-5-4-8-20(13)2/h4-9,14,21H,10H2,1-3H3,(H,18,22)(H,19,23)/t14-/m0/s1. The van der Waals surface area contributed by atoms with E-state index in [4.69, 9.17) is 4.74 Å². The number of aryl methyl sites for hydroxylation is 2. The molecule has 2 aromatic rings. The number of aliphatic hydroxyl groups excluding tert-OH is 1. The molecule has 0 bridgehead atoms. The fourth-order valence-electron chi connectivity index (χ4n) is 2.29. The Balaban J connectivity index is 1.94. The number of nitrogens with zero attached hydrogens (tertiary/aromatic N) is 1. The number of ether oxygens (including phenoxy) is 1. The first-order chi connectivity index (χ1) is 11.4. The minimum Gasteiger partial charge on any atom is -0.495 e. The van der Waals surface area contributed by atoms with E-state index in [9.17, 15) is 14.7 Å². The van der Waals surface area contributed by atoms with Gasteiger partial charge in [0.1, 0.15) is 11.9 Å². The molecule has 0 radical (unpaired) electrons. The van der Waals surface area contributed by atoms with E-state index in [1.54, 1.807) is 42.1 Å². The summed E-state index contributed by atoms with van der Waals surface area (Å²) < 4.78 is 6.90. The third-order valence-electron chi connectivity index (χ3n) is 3.59. The molecule has 0 saturated heterocycles. The van der Waals surface area contributed by atoms with Gasteiger partial charge < -0.3 is 25.0 Å². The third kappa shape index (κ3) is 4.14. The van der Waals surface area contributed by atoms with Gasteiger partial charge in [0, 0.05) is 25.5 Å².